The first-order valence-electron chi connectivity index (χ1n) is 6.46. The van der Waals surface area contributed by atoms with Crippen LogP contribution in [0.15, 0.2) is 45.8 Å². The minimum Gasteiger partial charge on any atom is -0.496 e. The van der Waals surface area contributed by atoms with Gasteiger partial charge in [0.1, 0.15) is 11.8 Å². The van der Waals surface area contributed by atoms with Crippen LogP contribution in [-0.4, -0.2) is 12.9 Å². The van der Waals surface area contributed by atoms with E-state index in [0.29, 0.717) is 5.56 Å². The SMILES string of the molecule is CCSc1cccc(Nc2ccc(OC)c(Br)c2)c1C#N. The molecule has 0 aliphatic rings. The maximum absolute atomic E-state index is 9.41. The van der Waals surface area contributed by atoms with E-state index in [1.165, 1.54) is 0 Å². The van der Waals surface area contributed by atoms with E-state index >= 15 is 0 Å². The van der Waals surface area contributed by atoms with Crippen LogP contribution in [0.25, 0.3) is 0 Å². The zero-order chi connectivity index (χ0) is 15.2. The lowest BCUT2D eigenvalue weighted by atomic mass is 10.2. The van der Waals surface area contributed by atoms with Gasteiger partial charge in [0.05, 0.1) is 22.8 Å². The van der Waals surface area contributed by atoms with Crippen molar-refractivity contribution >= 4 is 39.1 Å². The number of anilines is 2. The molecule has 5 heteroatoms. The van der Waals surface area contributed by atoms with Crippen molar-refractivity contribution in [2.45, 2.75) is 11.8 Å². The van der Waals surface area contributed by atoms with E-state index in [-0.39, 0.29) is 0 Å². The van der Waals surface area contributed by atoms with Crippen LogP contribution in [0.3, 0.4) is 0 Å². The van der Waals surface area contributed by atoms with Crippen molar-refractivity contribution in [1.82, 2.24) is 0 Å². The molecule has 0 radical (unpaired) electrons. The van der Waals surface area contributed by atoms with Crippen molar-refractivity contribution < 1.29 is 4.74 Å². The molecule has 0 saturated carbocycles. The molecule has 0 fully saturated rings. The van der Waals surface area contributed by atoms with E-state index in [2.05, 4.69) is 34.2 Å². The van der Waals surface area contributed by atoms with E-state index < -0.39 is 0 Å². The highest BCUT2D eigenvalue weighted by molar-refractivity contribution is 9.10. The summed E-state index contributed by atoms with van der Waals surface area (Å²) in [5, 5.41) is 12.7. The topological polar surface area (TPSA) is 45.0 Å². The van der Waals surface area contributed by atoms with Crippen molar-refractivity contribution in [3.63, 3.8) is 0 Å². The Morgan fingerprint density at radius 3 is 2.76 bits per heavy atom. The summed E-state index contributed by atoms with van der Waals surface area (Å²) in [5.74, 6) is 1.71. The number of benzene rings is 2. The lowest BCUT2D eigenvalue weighted by Crippen LogP contribution is -1.96. The van der Waals surface area contributed by atoms with Crippen LogP contribution in [0.5, 0.6) is 5.75 Å². The Hall–Kier alpha value is -1.64. The number of hydrogen-bond acceptors (Lipinski definition) is 4. The largest absolute Gasteiger partial charge is 0.496 e. The summed E-state index contributed by atoms with van der Waals surface area (Å²) in [6, 6.07) is 13.9. The van der Waals surface area contributed by atoms with E-state index in [1.807, 2.05) is 36.4 Å². The number of halogens is 1. The second-order valence-electron chi connectivity index (χ2n) is 4.20. The minimum atomic E-state index is 0.677. The summed E-state index contributed by atoms with van der Waals surface area (Å²) in [4.78, 5) is 0.998. The van der Waals surface area contributed by atoms with Crippen LogP contribution in [0.1, 0.15) is 12.5 Å². The number of hydrogen-bond donors (Lipinski definition) is 1. The molecule has 108 valence electrons. The molecule has 0 aliphatic heterocycles. The van der Waals surface area contributed by atoms with Gasteiger partial charge in [0.25, 0.3) is 0 Å². The van der Waals surface area contributed by atoms with E-state index in [9.17, 15) is 5.26 Å². The molecule has 2 aromatic rings. The smallest absolute Gasteiger partial charge is 0.133 e. The number of nitriles is 1. The Kier molecular flexibility index (Phi) is 5.54. The summed E-state index contributed by atoms with van der Waals surface area (Å²) in [7, 11) is 1.63. The lowest BCUT2D eigenvalue weighted by molar-refractivity contribution is 0.412. The Balaban J connectivity index is 2.33. The Morgan fingerprint density at radius 2 is 2.14 bits per heavy atom. The Morgan fingerprint density at radius 1 is 1.33 bits per heavy atom. The second kappa shape index (κ2) is 7.39. The fraction of sp³-hybridized carbons (Fsp3) is 0.188. The van der Waals surface area contributed by atoms with Crippen molar-refractivity contribution in [2.24, 2.45) is 0 Å². The first-order valence-corrected chi connectivity index (χ1v) is 8.24. The van der Waals surface area contributed by atoms with Gasteiger partial charge >= 0.3 is 0 Å². The summed E-state index contributed by atoms with van der Waals surface area (Å²) in [5.41, 5.74) is 2.39. The fourth-order valence-electron chi connectivity index (χ4n) is 1.93. The number of ether oxygens (including phenoxy) is 1. The zero-order valence-corrected chi connectivity index (χ0v) is 14.2. The second-order valence-corrected chi connectivity index (χ2v) is 6.36. The van der Waals surface area contributed by atoms with E-state index in [1.54, 1.807) is 18.9 Å². The van der Waals surface area contributed by atoms with Gasteiger partial charge in [-0.15, -0.1) is 11.8 Å². The fourth-order valence-corrected chi connectivity index (χ4v) is 3.25. The number of rotatable bonds is 5. The molecular formula is C16H15BrN2OS. The summed E-state index contributed by atoms with van der Waals surface area (Å²) >= 11 is 5.13. The van der Waals surface area contributed by atoms with Crippen molar-refractivity contribution in [3.8, 4) is 11.8 Å². The molecule has 0 heterocycles. The minimum absolute atomic E-state index is 0.677. The predicted octanol–water partition coefficient (Wildman–Crippen LogP) is 5.18. The molecule has 3 nitrogen and oxygen atoms in total. The first-order chi connectivity index (χ1) is 10.2. The molecule has 0 bridgehead atoms. The predicted molar refractivity (Wildman–Crippen MR) is 91.5 cm³/mol. The van der Waals surface area contributed by atoms with Gasteiger partial charge in [-0.3, -0.25) is 0 Å². The highest BCUT2D eigenvalue weighted by Crippen LogP contribution is 2.32. The van der Waals surface area contributed by atoms with Crippen LogP contribution in [0.4, 0.5) is 11.4 Å². The molecule has 0 amide bonds. The van der Waals surface area contributed by atoms with Crippen LogP contribution >= 0.6 is 27.7 Å². The molecule has 0 spiro atoms. The molecule has 2 aromatic carbocycles. The third-order valence-corrected chi connectivity index (χ3v) is 4.43. The molecule has 0 aliphatic carbocycles. The molecule has 0 atom stereocenters. The van der Waals surface area contributed by atoms with Crippen molar-refractivity contribution in [1.29, 1.82) is 5.26 Å². The van der Waals surface area contributed by atoms with Gasteiger partial charge in [-0.05, 0) is 52.0 Å². The number of nitrogens with zero attached hydrogens (tertiary/aromatic N) is 1. The van der Waals surface area contributed by atoms with Gasteiger partial charge in [0.2, 0.25) is 0 Å². The Labute approximate surface area is 137 Å². The summed E-state index contributed by atoms with van der Waals surface area (Å²) in [6.45, 7) is 2.08. The van der Waals surface area contributed by atoms with E-state index in [4.69, 9.17) is 4.74 Å². The molecule has 2 rings (SSSR count). The van der Waals surface area contributed by atoms with Gasteiger partial charge in [0, 0.05) is 10.6 Å². The third-order valence-electron chi connectivity index (χ3n) is 2.87. The number of nitrogens with one attached hydrogen (secondary N) is 1. The van der Waals surface area contributed by atoms with Gasteiger partial charge in [-0.2, -0.15) is 5.26 Å². The highest BCUT2D eigenvalue weighted by Gasteiger charge is 2.09. The van der Waals surface area contributed by atoms with Crippen molar-refractivity contribution in [3.05, 3.63) is 46.4 Å². The molecule has 1 N–H and O–H groups in total. The van der Waals surface area contributed by atoms with Gasteiger partial charge in [0.15, 0.2) is 0 Å². The van der Waals surface area contributed by atoms with Crippen LogP contribution in [0, 0.1) is 11.3 Å². The molecule has 0 saturated heterocycles. The normalized spacial score (nSPS) is 10.0. The van der Waals surface area contributed by atoms with Crippen LogP contribution in [-0.2, 0) is 0 Å². The zero-order valence-electron chi connectivity index (χ0n) is 11.8. The van der Waals surface area contributed by atoms with Gasteiger partial charge in [-0.25, -0.2) is 0 Å². The number of methoxy groups -OCH3 is 1. The maximum Gasteiger partial charge on any atom is 0.133 e. The molecule has 0 unspecified atom stereocenters. The van der Waals surface area contributed by atoms with Gasteiger partial charge < -0.3 is 10.1 Å². The van der Waals surface area contributed by atoms with Crippen molar-refractivity contribution in [2.75, 3.05) is 18.2 Å². The quantitative estimate of drug-likeness (QED) is 0.743. The van der Waals surface area contributed by atoms with Crippen LogP contribution < -0.4 is 10.1 Å². The maximum atomic E-state index is 9.41. The lowest BCUT2D eigenvalue weighted by Gasteiger charge is -2.12. The van der Waals surface area contributed by atoms with Gasteiger partial charge in [-0.1, -0.05) is 13.0 Å². The van der Waals surface area contributed by atoms with Crippen LogP contribution in [0.2, 0.25) is 0 Å². The van der Waals surface area contributed by atoms with E-state index in [0.717, 1.165) is 32.2 Å². The summed E-state index contributed by atoms with van der Waals surface area (Å²) in [6.07, 6.45) is 0. The molecule has 0 aromatic heterocycles. The average molecular weight is 363 g/mol. The monoisotopic (exact) mass is 362 g/mol. The average Bonchev–Trinajstić information content (AvgIpc) is 2.48. The first kappa shape index (κ1) is 15.7. The number of thioether (sulfide) groups is 1. The Bertz CT molecular complexity index is 682. The summed E-state index contributed by atoms with van der Waals surface area (Å²) < 4.78 is 6.08. The molecule has 21 heavy (non-hydrogen) atoms. The molecular weight excluding hydrogens is 348 g/mol. The standard InChI is InChI=1S/C16H15BrN2OS/c1-3-21-16-6-4-5-14(12(16)10-18)19-11-7-8-15(20-2)13(17)9-11/h4-9,19H,3H2,1-2H3. The highest BCUT2D eigenvalue weighted by atomic mass is 79.9. The third kappa shape index (κ3) is 3.72.